The van der Waals surface area contributed by atoms with Crippen LogP contribution in [0.5, 0.6) is 17.2 Å². The van der Waals surface area contributed by atoms with Crippen LogP contribution in [0.25, 0.3) is 0 Å². The number of methoxy groups -OCH3 is 3. The Kier molecular flexibility index (Phi) is 8.87. The zero-order valence-corrected chi connectivity index (χ0v) is 20.2. The van der Waals surface area contributed by atoms with E-state index in [1.54, 1.807) is 23.3 Å². The zero-order chi connectivity index (χ0) is 23.8. The van der Waals surface area contributed by atoms with Gasteiger partial charge in [0.25, 0.3) is 5.91 Å². The van der Waals surface area contributed by atoms with Crippen LogP contribution in [0.1, 0.15) is 21.1 Å². The Bertz CT molecular complexity index is 935. The van der Waals surface area contributed by atoms with E-state index in [1.807, 2.05) is 5.38 Å². The number of nitrogens with one attached hydrogen (secondary N) is 1. The molecule has 0 atom stereocenters. The molecule has 180 valence electrons. The molecule has 0 aliphatic carbocycles. The summed E-state index contributed by atoms with van der Waals surface area (Å²) < 4.78 is 21.2. The number of morpholine rings is 1. The second kappa shape index (κ2) is 11.8. The predicted molar refractivity (Wildman–Crippen MR) is 123 cm³/mol. The number of carbonyl (C=O) groups is 2. The first kappa shape index (κ1) is 24.7. The molecule has 3 rings (SSSR count). The van der Waals surface area contributed by atoms with Crippen molar-refractivity contribution in [3.63, 3.8) is 0 Å². The summed E-state index contributed by atoms with van der Waals surface area (Å²) in [5, 5.41) is 5.63. The quantitative estimate of drug-likeness (QED) is 0.547. The Balaban J connectivity index is 1.52. The Morgan fingerprint density at radius 2 is 1.82 bits per heavy atom. The summed E-state index contributed by atoms with van der Waals surface area (Å²) in [7, 11) is 6.13. The van der Waals surface area contributed by atoms with E-state index < -0.39 is 5.91 Å². The van der Waals surface area contributed by atoms with Crippen molar-refractivity contribution in [3.05, 3.63) is 33.8 Å². The lowest BCUT2D eigenvalue weighted by atomic mass is 10.1. The molecule has 2 aromatic rings. The number of ether oxygens (including phenoxy) is 4. The lowest BCUT2D eigenvalue weighted by Crippen LogP contribution is -2.38. The van der Waals surface area contributed by atoms with Gasteiger partial charge in [0.15, 0.2) is 11.5 Å². The number of thiazole rings is 1. The van der Waals surface area contributed by atoms with Crippen molar-refractivity contribution < 1.29 is 28.5 Å². The third-order valence-corrected chi connectivity index (χ3v) is 6.10. The maximum absolute atomic E-state index is 12.6. The van der Waals surface area contributed by atoms with E-state index in [2.05, 4.69) is 15.2 Å². The summed E-state index contributed by atoms with van der Waals surface area (Å²) in [6.07, 6.45) is 0. The molecule has 1 aliphatic heterocycles. The van der Waals surface area contributed by atoms with Crippen molar-refractivity contribution in [1.82, 2.24) is 20.1 Å². The SMILES string of the molecule is COc1cc(C(=O)NCC(=O)N(C)Cc2csc(CN3CCOCC3)n2)cc(OC)c1OC. The van der Waals surface area contributed by atoms with Gasteiger partial charge in [0.05, 0.1) is 59.9 Å². The van der Waals surface area contributed by atoms with Gasteiger partial charge in [-0.05, 0) is 12.1 Å². The molecule has 1 aliphatic rings. The van der Waals surface area contributed by atoms with Crippen LogP contribution in [0.2, 0.25) is 0 Å². The molecule has 0 unspecified atom stereocenters. The molecule has 10 nitrogen and oxygen atoms in total. The van der Waals surface area contributed by atoms with E-state index in [4.69, 9.17) is 18.9 Å². The lowest BCUT2D eigenvalue weighted by molar-refractivity contribution is -0.129. The number of likely N-dealkylation sites (N-methyl/N-ethyl adjacent to an activating group) is 1. The van der Waals surface area contributed by atoms with Crippen LogP contribution >= 0.6 is 11.3 Å². The third-order valence-electron chi connectivity index (χ3n) is 5.21. The van der Waals surface area contributed by atoms with Crippen LogP contribution < -0.4 is 19.5 Å². The molecule has 0 bridgehead atoms. The number of amides is 2. The van der Waals surface area contributed by atoms with E-state index in [9.17, 15) is 9.59 Å². The molecule has 2 amide bonds. The smallest absolute Gasteiger partial charge is 0.251 e. The topological polar surface area (TPSA) is 102 Å². The Hall–Kier alpha value is -2.89. The first-order valence-electron chi connectivity index (χ1n) is 10.5. The molecule has 33 heavy (non-hydrogen) atoms. The standard InChI is InChI=1S/C22H30N4O6S/c1-25(12-16-14-33-19(24-16)13-26-5-7-32-8-6-26)20(27)11-23-22(28)15-9-17(29-2)21(31-4)18(10-15)30-3/h9-10,14H,5-8,11-13H2,1-4H3,(H,23,28). The van der Waals surface area contributed by atoms with Crippen LogP contribution in [-0.2, 0) is 22.6 Å². The normalized spacial score (nSPS) is 13.9. The second-order valence-corrected chi connectivity index (χ2v) is 8.41. The van der Waals surface area contributed by atoms with E-state index in [0.717, 1.165) is 43.5 Å². The van der Waals surface area contributed by atoms with Gasteiger partial charge in [0, 0.05) is 31.1 Å². The highest BCUT2D eigenvalue weighted by Crippen LogP contribution is 2.38. The highest BCUT2D eigenvalue weighted by Gasteiger charge is 2.19. The van der Waals surface area contributed by atoms with Gasteiger partial charge in [-0.1, -0.05) is 0 Å². The van der Waals surface area contributed by atoms with Crippen LogP contribution in [0, 0.1) is 0 Å². The predicted octanol–water partition coefficient (Wildman–Crippen LogP) is 1.39. The van der Waals surface area contributed by atoms with E-state index in [-0.39, 0.29) is 12.5 Å². The molecule has 1 fully saturated rings. The zero-order valence-electron chi connectivity index (χ0n) is 19.4. The summed E-state index contributed by atoms with van der Waals surface area (Å²) in [5.41, 5.74) is 1.13. The Labute approximate surface area is 197 Å². The molecular formula is C22H30N4O6S. The van der Waals surface area contributed by atoms with Gasteiger partial charge in [-0.3, -0.25) is 14.5 Å². The summed E-state index contributed by atoms with van der Waals surface area (Å²) in [5.74, 6) is 0.475. The Morgan fingerprint density at radius 3 is 2.42 bits per heavy atom. The van der Waals surface area contributed by atoms with Crippen molar-refractivity contribution in [2.24, 2.45) is 0 Å². The monoisotopic (exact) mass is 478 g/mol. The molecule has 11 heteroatoms. The number of carbonyl (C=O) groups excluding carboxylic acids is 2. The number of hydrogen-bond donors (Lipinski definition) is 1. The van der Waals surface area contributed by atoms with Crippen molar-refractivity contribution in [1.29, 1.82) is 0 Å². The molecule has 0 spiro atoms. The molecule has 1 aromatic carbocycles. The minimum Gasteiger partial charge on any atom is -0.493 e. The molecule has 0 radical (unpaired) electrons. The largest absolute Gasteiger partial charge is 0.493 e. The fourth-order valence-electron chi connectivity index (χ4n) is 3.38. The number of hydrogen-bond acceptors (Lipinski definition) is 9. The first-order chi connectivity index (χ1) is 15.9. The van der Waals surface area contributed by atoms with Gasteiger partial charge in [0.1, 0.15) is 5.01 Å². The highest BCUT2D eigenvalue weighted by atomic mass is 32.1. The summed E-state index contributed by atoms with van der Waals surface area (Å²) >= 11 is 1.59. The van der Waals surface area contributed by atoms with Gasteiger partial charge < -0.3 is 29.2 Å². The van der Waals surface area contributed by atoms with Gasteiger partial charge in [-0.15, -0.1) is 11.3 Å². The van der Waals surface area contributed by atoms with Gasteiger partial charge >= 0.3 is 0 Å². The van der Waals surface area contributed by atoms with E-state index in [0.29, 0.717) is 29.4 Å². The maximum atomic E-state index is 12.6. The highest BCUT2D eigenvalue weighted by molar-refractivity contribution is 7.09. The third kappa shape index (κ3) is 6.56. The number of aromatic nitrogens is 1. The average molecular weight is 479 g/mol. The maximum Gasteiger partial charge on any atom is 0.251 e. The fourth-order valence-corrected chi connectivity index (χ4v) is 4.21. The lowest BCUT2D eigenvalue weighted by Gasteiger charge is -2.25. The molecule has 0 saturated carbocycles. The van der Waals surface area contributed by atoms with Crippen molar-refractivity contribution in [2.45, 2.75) is 13.1 Å². The summed E-state index contributed by atoms with van der Waals surface area (Å²) in [6.45, 7) is 4.32. The molecule has 2 heterocycles. The van der Waals surface area contributed by atoms with Crippen LogP contribution in [0.3, 0.4) is 0 Å². The molecular weight excluding hydrogens is 448 g/mol. The second-order valence-electron chi connectivity index (χ2n) is 7.47. The minimum absolute atomic E-state index is 0.142. The molecule has 1 aromatic heterocycles. The van der Waals surface area contributed by atoms with Crippen LogP contribution in [0.4, 0.5) is 0 Å². The number of benzene rings is 1. The summed E-state index contributed by atoms with van der Waals surface area (Å²) in [4.78, 5) is 33.6. The van der Waals surface area contributed by atoms with Gasteiger partial charge in [-0.25, -0.2) is 4.98 Å². The van der Waals surface area contributed by atoms with E-state index >= 15 is 0 Å². The van der Waals surface area contributed by atoms with Gasteiger partial charge in [-0.2, -0.15) is 0 Å². The summed E-state index contributed by atoms with van der Waals surface area (Å²) in [6, 6.07) is 3.08. The van der Waals surface area contributed by atoms with Crippen molar-refractivity contribution >= 4 is 23.2 Å². The molecule has 1 saturated heterocycles. The minimum atomic E-state index is -0.419. The van der Waals surface area contributed by atoms with Gasteiger partial charge in [0.2, 0.25) is 11.7 Å². The number of nitrogens with zero attached hydrogens (tertiary/aromatic N) is 3. The Morgan fingerprint density at radius 1 is 1.15 bits per heavy atom. The van der Waals surface area contributed by atoms with Crippen molar-refractivity contribution in [3.8, 4) is 17.2 Å². The first-order valence-corrected chi connectivity index (χ1v) is 11.4. The fraction of sp³-hybridized carbons (Fsp3) is 0.500. The molecule has 1 N–H and O–H groups in total. The van der Waals surface area contributed by atoms with Crippen LogP contribution in [-0.4, -0.2) is 87.8 Å². The van der Waals surface area contributed by atoms with Crippen molar-refractivity contribution in [2.75, 3.05) is 61.2 Å². The average Bonchev–Trinajstić information content (AvgIpc) is 3.28. The van der Waals surface area contributed by atoms with Crippen LogP contribution in [0.15, 0.2) is 17.5 Å². The van der Waals surface area contributed by atoms with E-state index in [1.165, 1.54) is 33.5 Å². The number of rotatable bonds is 10.